The Morgan fingerprint density at radius 2 is 2.33 bits per heavy atom. The molecule has 0 aromatic carbocycles. The van der Waals surface area contributed by atoms with Crippen molar-refractivity contribution < 1.29 is 14.3 Å². The van der Waals surface area contributed by atoms with Gasteiger partial charge in [-0.25, -0.2) is 9.78 Å². The van der Waals surface area contributed by atoms with E-state index in [1.807, 2.05) is 12.1 Å². The highest BCUT2D eigenvalue weighted by Gasteiger charge is 2.20. The van der Waals surface area contributed by atoms with E-state index < -0.39 is 5.97 Å². The molecule has 0 fully saturated rings. The number of rotatable bonds is 4. The van der Waals surface area contributed by atoms with Gasteiger partial charge in [-0.05, 0) is 19.1 Å². The van der Waals surface area contributed by atoms with E-state index in [1.54, 1.807) is 19.3 Å². The number of esters is 1. The van der Waals surface area contributed by atoms with Gasteiger partial charge in [0.2, 0.25) is 5.88 Å². The van der Waals surface area contributed by atoms with Crippen LogP contribution < -0.4 is 4.74 Å². The maximum atomic E-state index is 11.7. The Labute approximate surface area is 108 Å². The van der Waals surface area contributed by atoms with Crippen LogP contribution in [0.1, 0.15) is 16.6 Å². The van der Waals surface area contributed by atoms with Gasteiger partial charge in [0.1, 0.15) is 5.01 Å². The molecule has 18 heavy (non-hydrogen) atoms. The van der Waals surface area contributed by atoms with Crippen molar-refractivity contribution in [3.8, 4) is 16.5 Å². The predicted octanol–water partition coefficient (Wildman–Crippen LogP) is 2.39. The topological polar surface area (TPSA) is 61.3 Å². The minimum Gasteiger partial charge on any atom is -0.480 e. The summed E-state index contributed by atoms with van der Waals surface area (Å²) in [6, 6.07) is 3.69. The molecule has 0 unspecified atom stereocenters. The maximum absolute atomic E-state index is 11.7. The van der Waals surface area contributed by atoms with Gasteiger partial charge >= 0.3 is 5.97 Å². The van der Waals surface area contributed by atoms with Gasteiger partial charge in [0.25, 0.3) is 0 Å². The standard InChI is InChI=1S/C12H12N2O3S/c1-3-17-12(15)9-10(16-2)14-11(18-9)8-5-4-6-13-7-8/h4-7H,3H2,1-2H3. The first-order valence-electron chi connectivity index (χ1n) is 5.38. The molecular weight excluding hydrogens is 252 g/mol. The molecule has 94 valence electrons. The molecule has 2 aromatic heterocycles. The fraction of sp³-hybridized carbons (Fsp3) is 0.250. The van der Waals surface area contributed by atoms with Gasteiger partial charge in [0, 0.05) is 18.0 Å². The van der Waals surface area contributed by atoms with Crippen LogP contribution >= 0.6 is 11.3 Å². The van der Waals surface area contributed by atoms with Crippen molar-refractivity contribution in [3.63, 3.8) is 0 Å². The van der Waals surface area contributed by atoms with E-state index in [4.69, 9.17) is 9.47 Å². The molecule has 0 amide bonds. The van der Waals surface area contributed by atoms with Crippen LogP contribution in [0.25, 0.3) is 10.6 Å². The van der Waals surface area contributed by atoms with Crippen LogP contribution in [-0.4, -0.2) is 29.7 Å². The number of thiazole rings is 1. The van der Waals surface area contributed by atoms with Gasteiger partial charge in [-0.3, -0.25) is 4.98 Å². The molecule has 0 N–H and O–H groups in total. The summed E-state index contributed by atoms with van der Waals surface area (Å²) in [5.41, 5.74) is 0.844. The lowest BCUT2D eigenvalue weighted by molar-refractivity contribution is 0.0528. The van der Waals surface area contributed by atoms with E-state index in [2.05, 4.69) is 9.97 Å². The molecule has 5 nitrogen and oxygen atoms in total. The van der Waals surface area contributed by atoms with Crippen LogP contribution in [0.15, 0.2) is 24.5 Å². The summed E-state index contributed by atoms with van der Waals surface area (Å²) in [5.74, 6) is -0.126. The molecule has 0 atom stereocenters. The molecule has 0 saturated carbocycles. The molecular formula is C12H12N2O3S. The van der Waals surface area contributed by atoms with Gasteiger partial charge < -0.3 is 9.47 Å². The molecule has 0 saturated heterocycles. The van der Waals surface area contributed by atoms with Crippen LogP contribution in [-0.2, 0) is 4.74 Å². The van der Waals surface area contributed by atoms with Crippen molar-refractivity contribution in [1.82, 2.24) is 9.97 Å². The average Bonchev–Trinajstić information content (AvgIpc) is 2.84. The first kappa shape index (κ1) is 12.5. The zero-order valence-electron chi connectivity index (χ0n) is 10.0. The summed E-state index contributed by atoms with van der Waals surface area (Å²) in [7, 11) is 1.48. The molecule has 0 bridgehead atoms. The zero-order chi connectivity index (χ0) is 13.0. The Bertz CT molecular complexity index is 540. The highest BCUT2D eigenvalue weighted by molar-refractivity contribution is 7.17. The van der Waals surface area contributed by atoms with E-state index in [9.17, 15) is 4.79 Å². The van der Waals surface area contributed by atoms with Crippen LogP contribution in [0.3, 0.4) is 0 Å². The summed E-state index contributed by atoms with van der Waals surface area (Å²) in [4.78, 5) is 20.4. The monoisotopic (exact) mass is 264 g/mol. The minimum absolute atomic E-state index is 0.289. The van der Waals surface area contributed by atoms with Crippen LogP contribution in [0, 0.1) is 0 Å². The van der Waals surface area contributed by atoms with Crippen molar-refractivity contribution in [3.05, 3.63) is 29.4 Å². The van der Waals surface area contributed by atoms with E-state index >= 15 is 0 Å². The maximum Gasteiger partial charge on any atom is 0.354 e. The Morgan fingerprint density at radius 1 is 1.50 bits per heavy atom. The van der Waals surface area contributed by atoms with E-state index in [-0.39, 0.29) is 5.88 Å². The summed E-state index contributed by atoms with van der Waals surface area (Å²) < 4.78 is 10.0. The fourth-order valence-corrected chi connectivity index (χ4v) is 2.30. The number of nitrogens with zero attached hydrogens (tertiary/aromatic N) is 2. The molecule has 0 aliphatic rings. The average molecular weight is 264 g/mol. The Hall–Kier alpha value is -1.95. The van der Waals surface area contributed by atoms with Gasteiger partial charge in [0.15, 0.2) is 4.88 Å². The van der Waals surface area contributed by atoms with Gasteiger partial charge in [-0.15, -0.1) is 11.3 Å². The second-order valence-corrected chi connectivity index (χ2v) is 4.32. The Morgan fingerprint density at radius 3 is 2.94 bits per heavy atom. The molecule has 0 radical (unpaired) electrons. The lowest BCUT2D eigenvalue weighted by atomic mass is 10.3. The zero-order valence-corrected chi connectivity index (χ0v) is 10.9. The number of methoxy groups -OCH3 is 1. The number of pyridine rings is 1. The number of carbonyl (C=O) groups excluding carboxylic acids is 1. The highest BCUT2D eigenvalue weighted by atomic mass is 32.1. The Kier molecular flexibility index (Phi) is 3.88. The third kappa shape index (κ3) is 2.48. The molecule has 2 heterocycles. The first-order valence-corrected chi connectivity index (χ1v) is 6.20. The lowest BCUT2D eigenvalue weighted by Crippen LogP contribution is -2.04. The van der Waals surface area contributed by atoms with Crippen molar-refractivity contribution >= 4 is 17.3 Å². The number of hydrogen-bond donors (Lipinski definition) is 0. The van der Waals surface area contributed by atoms with Crippen LogP contribution in [0.5, 0.6) is 5.88 Å². The molecule has 0 aliphatic carbocycles. The third-order valence-corrected chi connectivity index (χ3v) is 3.22. The van der Waals surface area contributed by atoms with Crippen molar-refractivity contribution in [2.45, 2.75) is 6.92 Å². The molecule has 0 aliphatic heterocycles. The van der Waals surface area contributed by atoms with E-state index in [0.29, 0.717) is 16.5 Å². The van der Waals surface area contributed by atoms with Crippen molar-refractivity contribution in [1.29, 1.82) is 0 Å². The second-order valence-electron chi connectivity index (χ2n) is 3.32. The molecule has 2 aromatic rings. The predicted molar refractivity (Wildman–Crippen MR) is 67.9 cm³/mol. The second kappa shape index (κ2) is 5.59. The Balaban J connectivity index is 2.38. The number of carbonyl (C=O) groups is 1. The number of aromatic nitrogens is 2. The lowest BCUT2D eigenvalue weighted by Gasteiger charge is -1.99. The largest absolute Gasteiger partial charge is 0.480 e. The number of ether oxygens (including phenoxy) is 2. The fourth-order valence-electron chi connectivity index (χ4n) is 1.38. The molecule has 0 spiro atoms. The van der Waals surface area contributed by atoms with Gasteiger partial charge in [-0.2, -0.15) is 0 Å². The van der Waals surface area contributed by atoms with Crippen LogP contribution in [0.2, 0.25) is 0 Å². The van der Waals surface area contributed by atoms with Gasteiger partial charge in [0.05, 0.1) is 13.7 Å². The summed E-state index contributed by atoms with van der Waals surface area (Å²) in [6.45, 7) is 2.08. The first-order chi connectivity index (χ1) is 8.76. The van der Waals surface area contributed by atoms with E-state index in [0.717, 1.165) is 5.56 Å². The highest BCUT2D eigenvalue weighted by Crippen LogP contribution is 2.32. The quantitative estimate of drug-likeness (QED) is 0.793. The minimum atomic E-state index is -0.415. The molecule has 2 rings (SSSR count). The normalized spacial score (nSPS) is 10.1. The summed E-state index contributed by atoms with van der Waals surface area (Å²) >= 11 is 1.23. The third-order valence-electron chi connectivity index (χ3n) is 2.16. The van der Waals surface area contributed by atoms with Gasteiger partial charge in [-0.1, -0.05) is 0 Å². The van der Waals surface area contributed by atoms with Crippen molar-refractivity contribution in [2.75, 3.05) is 13.7 Å². The SMILES string of the molecule is CCOC(=O)c1sc(-c2cccnc2)nc1OC. The van der Waals surface area contributed by atoms with Crippen molar-refractivity contribution in [2.24, 2.45) is 0 Å². The summed E-state index contributed by atoms with van der Waals surface area (Å²) in [5, 5.41) is 0.683. The molecule has 6 heteroatoms. The number of hydrogen-bond acceptors (Lipinski definition) is 6. The summed E-state index contributed by atoms with van der Waals surface area (Å²) in [6.07, 6.45) is 3.37. The van der Waals surface area contributed by atoms with E-state index in [1.165, 1.54) is 18.4 Å². The smallest absolute Gasteiger partial charge is 0.354 e. The van der Waals surface area contributed by atoms with Crippen LogP contribution in [0.4, 0.5) is 0 Å².